The van der Waals surface area contributed by atoms with E-state index < -0.39 is 53.8 Å². The van der Waals surface area contributed by atoms with E-state index in [9.17, 15) is 37.5 Å². The summed E-state index contributed by atoms with van der Waals surface area (Å²) in [5.74, 6) is -2.17. The zero-order valence-electron chi connectivity index (χ0n) is 25.9. The van der Waals surface area contributed by atoms with Gasteiger partial charge in [0.25, 0.3) is 5.91 Å². The number of nitrogens with one attached hydrogen (secondary N) is 4. The van der Waals surface area contributed by atoms with Gasteiger partial charge in [0.2, 0.25) is 11.9 Å². The third-order valence-electron chi connectivity index (χ3n) is 6.71. The van der Waals surface area contributed by atoms with E-state index in [-0.39, 0.29) is 18.5 Å². The minimum atomic E-state index is -4.47. The van der Waals surface area contributed by atoms with Crippen LogP contribution >= 0.6 is 11.3 Å². The number of benzene rings is 2. The summed E-state index contributed by atoms with van der Waals surface area (Å²) in [6, 6.07) is 6.81. The lowest BCUT2D eigenvalue weighted by Gasteiger charge is -2.19. The molecular formula is C30H34F3N7O6S. The first-order chi connectivity index (χ1) is 22.0. The number of ether oxygens (including phenoxy) is 1. The fraction of sp³-hybridized carbons (Fsp3) is 0.400. The van der Waals surface area contributed by atoms with Gasteiger partial charge in [0.1, 0.15) is 11.6 Å². The number of amides is 3. The number of imidazole rings is 1. The Morgan fingerprint density at radius 3 is 2.43 bits per heavy atom. The average Bonchev–Trinajstić information content (AvgIpc) is 3.52. The van der Waals surface area contributed by atoms with Crippen molar-refractivity contribution in [1.29, 1.82) is 0 Å². The third kappa shape index (κ3) is 9.54. The number of rotatable bonds is 12. The second-order valence-electron chi connectivity index (χ2n) is 11.6. The van der Waals surface area contributed by atoms with Crippen LogP contribution < -0.4 is 21.3 Å². The highest BCUT2D eigenvalue weighted by Crippen LogP contribution is 2.35. The molecule has 13 nitrogen and oxygen atoms in total. The lowest BCUT2D eigenvalue weighted by molar-refractivity contribution is -0.142. The van der Waals surface area contributed by atoms with Gasteiger partial charge in [0, 0.05) is 19.2 Å². The quantitative estimate of drug-likeness (QED) is 0.130. The number of alkyl halides is 3. The molecule has 2 aromatic carbocycles. The average molecular weight is 678 g/mol. The molecule has 0 aliphatic rings. The summed E-state index contributed by atoms with van der Waals surface area (Å²) in [7, 11) is 1.72. The molecule has 3 amide bonds. The molecule has 2 heterocycles. The van der Waals surface area contributed by atoms with E-state index in [4.69, 9.17) is 4.74 Å². The van der Waals surface area contributed by atoms with E-state index >= 15 is 0 Å². The Labute approximate surface area is 270 Å². The smallest absolute Gasteiger partial charge is 0.416 e. The number of carbonyl (C=O) groups excluding carboxylic acids is 3. The van der Waals surface area contributed by atoms with Crippen molar-refractivity contribution >= 4 is 67.5 Å². The minimum Gasteiger partial charge on any atom is -0.480 e. The molecule has 252 valence electrons. The first-order valence-electron chi connectivity index (χ1n) is 14.5. The van der Waals surface area contributed by atoms with Crippen molar-refractivity contribution < 1.29 is 42.2 Å². The molecule has 47 heavy (non-hydrogen) atoms. The summed E-state index contributed by atoms with van der Waals surface area (Å²) in [5, 5.41) is 20.3. The molecule has 2 aromatic heterocycles. The molecule has 17 heteroatoms. The first-order valence-corrected chi connectivity index (χ1v) is 15.3. The van der Waals surface area contributed by atoms with E-state index in [0.29, 0.717) is 45.2 Å². The van der Waals surface area contributed by atoms with Gasteiger partial charge in [-0.2, -0.15) is 13.2 Å². The number of thiazole rings is 1. The minimum absolute atomic E-state index is 0.114. The SMILES string of the molecule is Cn1c(Nc2nc3ccc(C(F)(F)F)cc3s2)nc2cc(C(=O)NCC(=O)N[C@@H](CCCCNC(=O)OC(C)(C)C)C(=O)O)ccc21. The highest BCUT2D eigenvalue weighted by atomic mass is 32.1. The van der Waals surface area contributed by atoms with Crippen molar-refractivity contribution in [1.82, 2.24) is 30.5 Å². The second-order valence-corrected chi connectivity index (χ2v) is 12.6. The molecule has 0 spiro atoms. The Morgan fingerprint density at radius 1 is 1.00 bits per heavy atom. The Bertz CT molecular complexity index is 1800. The Kier molecular flexibility index (Phi) is 10.6. The van der Waals surface area contributed by atoms with Gasteiger partial charge in [0.05, 0.1) is 33.4 Å². The van der Waals surface area contributed by atoms with Crippen molar-refractivity contribution in [3.05, 3.63) is 47.5 Å². The molecule has 4 rings (SSSR count). The number of hydrogen-bond donors (Lipinski definition) is 5. The molecule has 0 saturated heterocycles. The maximum Gasteiger partial charge on any atom is 0.416 e. The van der Waals surface area contributed by atoms with Crippen LogP contribution in [-0.2, 0) is 27.5 Å². The topological polar surface area (TPSA) is 177 Å². The van der Waals surface area contributed by atoms with Crippen LogP contribution in [0, 0.1) is 0 Å². The Balaban J connectivity index is 1.30. The molecule has 4 aromatic rings. The molecule has 0 saturated carbocycles. The van der Waals surface area contributed by atoms with Gasteiger partial charge in [-0.15, -0.1) is 0 Å². The number of aromatic nitrogens is 3. The summed E-state index contributed by atoms with van der Waals surface area (Å²) in [4.78, 5) is 57.4. The molecule has 0 fully saturated rings. The molecule has 0 aliphatic carbocycles. The summed E-state index contributed by atoms with van der Waals surface area (Å²) in [6.07, 6.45) is -4.07. The summed E-state index contributed by atoms with van der Waals surface area (Å²) >= 11 is 1.04. The third-order valence-corrected chi connectivity index (χ3v) is 7.64. The predicted octanol–water partition coefficient (Wildman–Crippen LogP) is 4.94. The van der Waals surface area contributed by atoms with Crippen molar-refractivity contribution in [2.75, 3.05) is 18.4 Å². The van der Waals surface area contributed by atoms with Gasteiger partial charge >= 0.3 is 18.2 Å². The van der Waals surface area contributed by atoms with Gasteiger partial charge < -0.3 is 35.7 Å². The fourth-order valence-electron chi connectivity index (χ4n) is 4.45. The lowest BCUT2D eigenvalue weighted by Crippen LogP contribution is -2.45. The predicted molar refractivity (Wildman–Crippen MR) is 169 cm³/mol. The van der Waals surface area contributed by atoms with Crippen molar-refractivity contribution in [2.24, 2.45) is 7.05 Å². The van der Waals surface area contributed by atoms with Gasteiger partial charge in [-0.3, -0.25) is 9.59 Å². The lowest BCUT2D eigenvalue weighted by atomic mass is 10.1. The zero-order valence-corrected chi connectivity index (χ0v) is 26.8. The maximum atomic E-state index is 13.1. The van der Waals surface area contributed by atoms with Gasteiger partial charge in [-0.1, -0.05) is 11.3 Å². The van der Waals surface area contributed by atoms with Crippen LogP contribution in [-0.4, -0.2) is 68.3 Å². The number of fused-ring (bicyclic) bond motifs is 2. The molecule has 0 unspecified atom stereocenters. The van der Waals surface area contributed by atoms with E-state index in [1.54, 1.807) is 38.5 Å². The molecule has 5 N–H and O–H groups in total. The number of alkyl carbamates (subject to hydrolysis) is 1. The van der Waals surface area contributed by atoms with Crippen LogP contribution in [0.2, 0.25) is 0 Å². The van der Waals surface area contributed by atoms with Crippen LogP contribution in [0.3, 0.4) is 0 Å². The standard InChI is InChI=1S/C30H34F3N7O6S/c1-29(2,3)46-28(45)34-12-6-5-7-19(25(43)44)36-23(41)15-35-24(42)16-8-11-21-20(13-16)37-26(40(21)4)39-27-38-18-10-9-17(30(31,32)33)14-22(18)47-27/h8-11,13-14,19H,5-7,12,15H2,1-4H3,(H,34,45)(H,35,42)(H,36,41)(H,43,44)(H,37,38,39)/t19-/m0/s1. The van der Waals surface area contributed by atoms with Crippen LogP contribution in [0.1, 0.15) is 56.0 Å². The number of carbonyl (C=O) groups is 4. The number of carboxylic acid groups (broad SMARTS) is 1. The van der Waals surface area contributed by atoms with E-state index in [0.717, 1.165) is 23.5 Å². The summed E-state index contributed by atoms with van der Waals surface area (Å²) in [6.45, 7) is 5.02. The summed E-state index contributed by atoms with van der Waals surface area (Å²) in [5.41, 5.74) is 0.266. The molecule has 0 bridgehead atoms. The van der Waals surface area contributed by atoms with Crippen LogP contribution in [0.4, 0.5) is 29.0 Å². The number of hydrogen-bond acceptors (Lipinski definition) is 9. The zero-order chi connectivity index (χ0) is 34.5. The second kappa shape index (κ2) is 14.2. The normalized spacial score (nSPS) is 12.5. The van der Waals surface area contributed by atoms with E-state index in [2.05, 4.69) is 31.2 Å². The number of nitrogens with zero attached hydrogens (tertiary/aromatic N) is 3. The molecule has 0 aliphatic heterocycles. The van der Waals surface area contributed by atoms with Crippen LogP contribution in [0.5, 0.6) is 0 Å². The van der Waals surface area contributed by atoms with Gasteiger partial charge in [0.15, 0.2) is 5.13 Å². The number of aliphatic carboxylic acids is 1. The molecule has 1 atom stereocenters. The number of aryl methyl sites for hydroxylation is 1. The van der Waals surface area contributed by atoms with E-state index in [1.165, 1.54) is 18.2 Å². The monoisotopic (exact) mass is 677 g/mol. The maximum absolute atomic E-state index is 13.1. The van der Waals surface area contributed by atoms with Crippen LogP contribution in [0.15, 0.2) is 36.4 Å². The highest BCUT2D eigenvalue weighted by Gasteiger charge is 2.31. The molecular weight excluding hydrogens is 643 g/mol. The Hall–Kier alpha value is -4.93. The van der Waals surface area contributed by atoms with Crippen molar-refractivity contribution in [2.45, 2.75) is 57.9 Å². The van der Waals surface area contributed by atoms with Crippen LogP contribution in [0.25, 0.3) is 21.3 Å². The Morgan fingerprint density at radius 2 is 1.74 bits per heavy atom. The number of anilines is 2. The van der Waals surface area contributed by atoms with Crippen molar-refractivity contribution in [3.63, 3.8) is 0 Å². The van der Waals surface area contributed by atoms with Crippen molar-refractivity contribution in [3.8, 4) is 0 Å². The largest absolute Gasteiger partial charge is 0.480 e. The van der Waals surface area contributed by atoms with E-state index in [1.807, 2.05) is 0 Å². The summed E-state index contributed by atoms with van der Waals surface area (Å²) < 4.78 is 46.4. The number of carboxylic acids is 1. The van der Waals surface area contributed by atoms with Gasteiger partial charge in [-0.05, 0) is 76.4 Å². The first kappa shape index (κ1) is 34.9. The molecule has 0 radical (unpaired) electrons. The van der Waals surface area contributed by atoms with Gasteiger partial charge in [-0.25, -0.2) is 19.6 Å². The number of halogens is 3. The number of unbranched alkanes of at least 4 members (excludes halogenated alkanes) is 1. The highest BCUT2D eigenvalue weighted by molar-refractivity contribution is 7.22. The fourth-order valence-corrected chi connectivity index (χ4v) is 5.35.